The van der Waals surface area contributed by atoms with Crippen molar-refractivity contribution in [1.82, 2.24) is 24.9 Å². The van der Waals surface area contributed by atoms with Crippen molar-refractivity contribution in [3.8, 4) is 0 Å². The van der Waals surface area contributed by atoms with Gasteiger partial charge in [0.05, 0.1) is 17.6 Å². The number of rotatable bonds is 5. The summed E-state index contributed by atoms with van der Waals surface area (Å²) in [5, 5.41) is 11.1. The van der Waals surface area contributed by atoms with Crippen LogP contribution in [0.1, 0.15) is 17.0 Å². The van der Waals surface area contributed by atoms with E-state index in [0.29, 0.717) is 18.8 Å². The van der Waals surface area contributed by atoms with Crippen LogP contribution in [-0.4, -0.2) is 25.7 Å². The Morgan fingerprint density at radius 1 is 1.30 bits per heavy atom. The lowest BCUT2D eigenvalue weighted by atomic mass is 10.2. The lowest BCUT2D eigenvalue weighted by Crippen LogP contribution is -2.19. The van der Waals surface area contributed by atoms with E-state index in [-0.39, 0.29) is 0 Å². The molecule has 0 spiro atoms. The molecule has 1 N–H and O–H groups in total. The average molecular weight is 287 g/mol. The zero-order chi connectivity index (χ0) is 14.8. The molecule has 0 aliphatic carbocycles. The average Bonchev–Trinajstić information content (AvgIpc) is 2.88. The standard InChI is InChI=1S/C12H16F3N5/c1-9-5-17-19(2)11(9)7-16-6-10-3-4-20(18-10)8-12(13,14)15/h3-5,16H,6-8H2,1-2H3. The molecule has 5 nitrogen and oxygen atoms in total. The first kappa shape index (κ1) is 14.6. The van der Waals surface area contributed by atoms with E-state index in [1.165, 1.54) is 6.20 Å². The smallest absolute Gasteiger partial charge is 0.305 e. The van der Waals surface area contributed by atoms with Crippen molar-refractivity contribution >= 4 is 0 Å². The highest BCUT2D eigenvalue weighted by Gasteiger charge is 2.28. The number of alkyl halides is 3. The van der Waals surface area contributed by atoms with Crippen molar-refractivity contribution in [2.45, 2.75) is 32.7 Å². The van der Waals surface area contributed by atoms with Gasteiger partial charge < -0.3 is 5.32 Å². The van der Waals surface area contributed by atoms with Crippen molar-refractivity contribution in [1.29, 1.82) is 0 Å². The Bertz CT molecular complexity index is 550. The molecule has 0 aliphatic rings. The maximum Gasteiger partial charge on any atom is 0.408 e. The Kier molecular flexibility index (Phi) is 4.12. The second-order valence-electron chi connectivity index (χ2n) is 4.62. The van der Waals surface area contributed by atoms with E-state index < -0.39 is 12.7 Å². The summed E-state index contributed by atoms with van der Waals surface area (Å²) in [4.78, 5) is 0. The first-order valence-electron chi connectivity index (χ1n) is 6.12. The zero-order valence-electron chi connectivity index (χ0n) is 11.3. The van der Waals surface area contributed by atoms with Crippen LogP contribution >= 0.6 is 0 Å². The minimum atomic E-state index is -4.25. The van der Waals surface area contributed by atoms with E-state index in [2.05, 4.69) is 15.5 Å². The zero-order valence-corrected chi connectivity index (χ0v) is 11.3. The first-order chi connectivity index (χ1) is 9.35. The molecule has 0 bridgehead atoms. The first-order valence-corrected chi connectivity index (χ1v) is 6.12. The molecular formula is C12H16F3N5. The number of aromatic nitrogens is 4. The summed E-state index contributed by atoms with van der Waals surface area (Å²) in [6.45, 7) is 1.90. The Balaban J connectivity index is 1.86. The van der Waals surface area contributed by atoms with Crippen LogP contribution in [0.5, 0.6) is 0 Å². The fourth-order valence-corrected chi connectivity index (χ4v) is 1.91. The minimum absolute atomic E-state index is 0.412. The van der Waals surface area contributed by atoms with Crippen LogP contribution in [0.3, 0.4) is 0 Å². The van der Waals surface area contributed by atoms with Crippen molar-refractivity contribution in [3.05, 3.63) is 35.4 Å². The van der Waals surface area contributed by atoms with Gasteiger partial charge in [-0.3, -0.25) is 9.36 Å². The maximum absolute atomic E-state index is 12.2. The fourth-order valence-electron chi connectivity index (χ4n) is 1.91. The van der Waals surface area contributed by atoms with Crippen molar-refractivity contribution in [3.63, 3.8) is 0 Å². The quantitative estimate of drug-likeness (QED) is 0.912. The highest BCUT2D eigenvalue weighted by atomic mass is 19.4. The van der Waals surface area contributed by atoms with E-state index in [9.17, 15) is 13.2 Å². The molecule has 8 heteroatoms. The summed E-state index contributed by atoms with van der Waals surface area (Å²) < 4.78 is 39.2. The van der Waals surface area contributed by atoms with Crippen molar-refractivity contribution < 1.29 is 13.2 Å². The monoisotopic (exact) mass is 287 g/mol. The number of nitrogens with zero attached hydrogens (tertiary/aromatic N) is 4. The third-order valence-corrected chi connectivity index (χ3v) is 2.91. The van der Waals surface area contributed by atoms with E-state index in [1.807, 2.05) is 14.0 Å². The molecule has 0 aromatic carbocycles. The van der Waals surface area contributed by atoms with Crippen LogP contribution < -0.4 is 5.32 Å². The molecule has 0 aliphatic heterocycles. The molecule has 2 aromatic heterocycles. The van der Waals surface area contributed by atoms with Crippen LogP contribution in [0.2, 0.25) is 0 Å². The summed E-state index contributed by atoms with van der Waals surface area (Å²) >= 11 is 0. The molecule has 2 heterocycles. The number of hydrogen-bond acceptors (Lipinski definition) is 3. The van der Waals surface area contributed by atoms with Gasteiger partial charge in [0.15, 0.2) is 0 Å². The molecule has 0 atom stereocenters. The molecule has 0 radical (unpaired) electrons. The van der Waals surface area contributed by atoms with Crippen LogP contribution in [0.4, 0.5) is 13.2 Å². The van der Waals surface area contributed by atoms with Gasteiger partial charge in [0.1, 0.15) is 6.54 Å². The van der Waals surface area contributed by atoms with Gasteiger partial charge in [-0.2, -0.15) is 23.4 Å². The van der Waals surface area contributed by atoms with Gasteiger partial charge in [-0.05, 0) is 18.6 Å². The van der Waals surface area contributed by atoms with Crippen LogP contribution in [0.25, 0.3) is 0 Å². The molecular weight excluding hydrogens is 271 g/mol. The van der Waals surface area contributed by atoms with Gasteiger partial charge in [0.25, 0.3) is 0 Å². The number of halogens is 3. The third-order valence-electron chi connectivity index (χ3n) is 2.91. The largest absolute Gasteiger partial charge is 0.408 e. The lowest BCUT2D eigenvalue weighted by molar-refractivity contribution is -0.142. The second-order valence-corrected chi connectivity index (χ2v) is 4.62. The van der Waals surface area contributed by atoms with Crippen LogP contribution in [-0.2, 0) is 26.7 Å². The SMILES string of the molecule is Cc1cnn(C)c1CNCc1ccn(CC(F)(F)F)n1. The van der Waals surface area contributed by atoms with E-state index >= 15 is 0 Å². The molecule has 0 unspecified atom stereocenters. The molecule has 0 fully saturated rings. The fraction of sp³-hybridized carbons (Fsp3) is 0.500. The van der Waals surface area contributed by atoms with Crippen LogP contribution in [0.15, 0.2) is 18.5 Å². The van der Waals surface area contributed by atoms with Gasteiger partial charge in [-0.25, -0.2) is 0 Å². The number of nitrogens with one attached hydrogen (secondary N) is 1. The van der Waals surface area contributed by atoms with Crippen molar-refractivity contribution in [2.75, 3.05) is 0 Å². The van der Waals surface area contributed by atoms with Gasteiger partial charge >= 0.3 is 6.18 Å². The Morgan fingerprint density at radius 2 is 2.05 bits per heavy atom. The Labute approximate surface area is 114 Å². The van der Waals surface area contributed by atoms with Crippen LogP contribution in [0, 0.1) is 6.92 Å². The Hall–Kier alpha value is -1.83. The molecule has 0 amide bonds. The predicted octanol–water partition coefficient (Wildman–Crippen LogP) is 1.78. The topological polar surface area (TPSA) is 47.7 Å². The summed E-state index contributed by atoms with van der Waals surface area (Å²) in [6.07, 6.45) is -1.14. The maximum atomic E-state index is 12.2. The van der Waals surface area contributed by atoms with Gasteiger partial charge in [-0.15, -0.1) is 0 Å². The minimum Gasteiger partial charge on any atom is -0.305 e. The van der Waals surface area contributed by atoms with E-state index in [4.69, 9.17) is 0 Å². The van der Waals surface area contributed by atoms with E-state index in [1.54, 1.807) is 16.9 Å². The molecule has 20 heavy (non-hydrogen) atoms. The molecule has 0 saturated heterocycles. The third kappa shape index (κ3) is 3.83. The molecule has 0 saturated carbocycles. The highest BCUT2D eigenvalue weighted by molar-refractivity contribution is 5.15. The molecule has 2 aromatic rings. The summed E-state index contributed by atoms with van der Waals surface area (Å²) in [6, 6.07) is 1.58. The second kappa shape index (κ2) is 5.66. The number of aryl methyl sites for hydroxylation is 2. The predicted molar refractivity (Wildman–Crippen MR) is 66.8 cm³/mol. The normalized spacial score (nSPS) is 12.1. The van der Waals surface area contributed by atoms with Gasteiger partial charge in [-0.1, -0.05) is 0 Å². The summed E-state index contributed by atoms with van der Waals surface area (Å²) in [7, 11) is 1.85. The molecule has 110 valence electrons. The lowest BCUT2D eigenvalue weighted by Gasteiger charge is -2.06. The summed E-state index contributed by atoms with van der Waals surface area (Å²) in [5.74, 6) is 0. The Morgan fingerprint density at radius 3 is 2.65 bits per heavy atom. The van der Waals surface area contributed by atoms with E-state index in [0.717, 1.165) is 15.9 Å². The van der Waals surface area contributed by atoms with Gasteiger partial charge in [0.2, 0.25) is 0 Å². The highest BCUT2D eigenvalue weighted by Crippen LogP contribution is 2.16. The van der Waals surface area contributed by atoms with Gasteiger partial charge in [0, 0.05) is 26.3 Å². The summed E-state index contributed by atoms with van der Waals surface area (Å²) in [5.41, 5.74) is 2.69. The number of hydrogen-bond donors (Lipinski definition) is 1. The van der Waals surface area contributed by atoms with Crippen molar-refractivity contribution in [2.24, 2.45) is 7.05 Å². The molecule has 2 rings (SSSR count).